The first kappa shape index (κ1) is 10.1. The van der Waals surface area contributed by atoms with E-state index >= 15 is 0 Å². The molecule has 0 saturated carbocycles. The average Bonchev–Trinajstić information content (AvgIpc) is 2.83. The molecule has 0 aliphatic carbocycles. The van der Waals surface area contributed by atoms with E-state index in [1.165, 1.54) is 16.5 Å². The number of benzene rings is 2. The Morgan fingerprint density at radius 1 is 0.941 bits per heavy atom. The molecular weight excluding hydrogens is 208 g/mol. The van der Waals surface area contributed by atoms with Crippen molar-refractivity contribution < 1.29 is 0 Å². The molecule has 0 bridgehead atoms. The van der Waals surface area contributed by atoms with Crippen LogP contribution in [0.1, 0.15) is 5.56 Å². The van der Waals surface area contributed by atoms with E-state index < -0.39 is 0 Å². The first-order valence-electron chi connectivity index (χ1n) is 5.74. The van der Waals surface area contributed by atoms with E-state index in [2.05, 4.69) is 35.3 Å². The second-order valence-corrected chi connectivity index (χ2v) is 4.13. The van der Waals surface area contributed by atoms with Gasteiger partial charge in [-0.15, -0.1) is 0 Å². The predicted octanol–water partition coefficient (Wildman–Crippen LogP) is 3.29. The first-order chi connectivity index (χ1) is 8.38. The minimum absolute atomic E-state index is 0.573. The van der Waals surface area contributed by atoms with Gasteiger partial charge in [-0.25, -0.2) is 0 Å². The number of aromatic amines is 1. The van der Waals surface area contributed by atoms with Crippen LogP contribution in [-0.2, 0) is 6.54 Å². The van der Waals surface area contributed by atoms with E-state index in [9.17, 15) is 0 Å². The van der Waals surface area contributed by atoms with Crippen LogP contribution in [0.5, 0.6) is 0 Å². The van der Waals surface area contributed by atoms with E-state index in [1.54, 1.807) is 0 Å². The average molecular weight is 222 g/mol. The van der Waals surface area contributed by atoms with Crippen LogP contribution in [0, 0.1) is 0 Å². The largest absolute Gasteiger partial charge is 0.355 e. The minimum atomic E-state index is 0.573. The van der Waals surface area contributed by atoms with Crippen LogP contribution in [0.15, 0.2) is 54.6 Å². The maximum atomic E-state index is 5.75. The summed E-state index contributed by atoms with van der Waals surface area (Å²) in [5, 5.41) is 1.22. The maximum absolute atomic E-state index is 5.75. The third-order valence-electron chi connectivity index (χ3n) is 3.06. The van der Waals surface area contributed by atoms with Crippen LogP contribution in [0.3, 0.4) is 0 Å². The van der Waals surface area contributed by atoms with Crippen LogP contribution in [0.25, 0.3) is 22.2 Å². The first-order valence-corrected chi connectivity index (χ1v) is 5.74. The summed E-state index contributed by atoms with van der Waals surface area (Å²) in [6, 6.07) is 18.7. The summed E-state index contributed by atoms with van der Waals surface area (Å²) in [4.78, 5) is 3.43. The lowest BCUT2D eigenvalue weighted by atomic mass is 10.1. The van der Waals surface area contributed by atoms with Crippen LogP contribution in [-0.4, -0.2) is 4.98 Å². The van der Waals surface area contributed by atoms with Crippen LogP contribution in [0.2, 0.25) is 0 Å². The Labute approximate surface area is 100 Å². The number of nitrogens with one attached hydrogen (secondary N) is 1. The van der Waals surface area contributed by atoms with E-state index in [4.69, 9.17) is 5.73 Å². The van der Waals surface area contributed by atoms with Gasteiger partial charge in [0.2, 0.25) is 0 Å². The quantitative estimate of drug-likeness (QED) is 0.686. The third-order valence-corrected chi connectivity index (χ3v) is 3.06. The summed E-state index contributed by atoms with van der Waals surface area (Å²) < 4.78 is 0. The summed E-state index contributed by atoms with van der Waals surface area (Å²) in [6.45, 7) is 0.573. The highest BCUT2D eigenvalue weighted by molar-refractivity contribution is 5.88. The summed E-state index contributed by atoms with van der Waals surface area (Å²) in [7, 11) is 0. The molecular formula is C15H14N2. The van der Waals surface area contributed by atoms with Gasteiger partial charge in [-0.3, -0.25) is 0 Å². The highest BCUT2D eigenvalue weighted by atomic mass is 14.7. The van der Waals surface area contributed by atoms with Gasteiger partial charge >= 0.3 is 0 Å². The van der Waals surface area contributed by atoms with Crippen molar-refractivity contribution in [1.29, 1.82) is 0 Å². The molecule has 0 spiro atoms. The van der Waals surface area contributed by atoms with Crippen LogP contribution >= 0.6 is 0 Å². The Morgan fingerprint density at radius 3 is 2.53 bits per heavy atom. The predicted molar refractivity (Wildman–Crippen MR) is 71.6 cm³/mol. The molecule has 3 aromatic rings. The number of aromatic nitrogens is 1. The molecule has 0 amide bonds. The fourth-order valence-electron chi connectivity index (χ4n) is 2.17. The van der Waals surface area contributed by atoms with E-state index in [1.807, 2.05) is 24.3 Å². The summed E-state index contributed by atoms with van der Waals surface area (Å²) in [5.41, 5.74) is 10.4. The molecule has 0 aliphatic rings. The smallest absolute Gasteiger partial charge is 0.0464 e. The lowest BCUT2D eigenvalue weighted by Crippen LogP contribution is -1.95. The fraction of sp³-hybridized carbons (Fsp3) is 0.0667. The van der Waals surface area contributed by atoms with E-state index in [0.717, 1.165) is 11.2 Å². The molecule has 3 N–H and O–H groups in total. The highest BCUT2D eigenvalue weighted by Gasteiger charge is 2.05. The molecule has 0 saturated heterocycles. The second kappa shape index (κ2) is 4.07. The maximum Gasteiger partial charge on any atom is 0.0464 e. The molecule has 2 nitrogen and oxygen atoms in total. The molecule has 17 heavy (non-hydrogen) atoms. The van der Waals surface area contributed by atoms with E-state index in [0.29, 0.717) is 6.54 Å². The van der Waals surface area contributed by atoms with Crippen molar-refractivity contribution in [3.05, 3.63) is 60.2 Å². The van der Waals surface area contributed by atoms with Crippen molar-refractivity contribution in [1.82, 2.24) is 4.98 Å². The third kappa shape index (κ3) is 1.73. The Balaban J connectivity index is 2.20. The minimum Gasteiger partial charge on any atom is -0.355 e. The lowest BCUT2D eigenvalue weighted by Gasteiger charge is -1.96. The molecule has 1 heterocycles. The van der Waals surface area contributed by atoms with E-state index in [-0.39, 0.29) is 0 Å². The molecule has 0 aliphatic heterocycles. The topological polar surface area (TPSA) is 41.8 Å². The monoisotopic (exact) mass is 222 g/mol. The van der Waals surface area contributed by atoms with Gasteiger partial charge < -0.3 is 10.7 Å². The number of hydrogen-bond donors (Lipinski definition) is 2. The standard InChI is InChI=1S/C15H14N2/c16-10-12-7-4-8-14-13(12)9-15(17-14)11-5-2-1-3-6-11/h1-9,17H,10,16H2. The molecule has 0 unspecified atom stereocenters. The Bertz CT molecular complexity index is 638. The van der Waals surface area contributed by atoms with Gasteiger partial charge in [-0.2, -0.15) is 0 Å². The summed E-state index contributed by atoms with van der Waals surface area (Å²) in [6.07, 6.45) is 0. The van der Waals surface area contributed by atoms with Gasteiger partial charge in [0, 0.05) is 23.1 Å². The van der Waals surface area contributed by atoms with Crippen LogP contribution in [0.4, 0.5) is 0 Å². The van der Waals surface area contributed by atoms with Gasteiger partial charge in [0.05, 0.1) is 0 Å². The second-order valence-electron chi connectivity index (χ2n) is 4.13. The molecule has 84 valence electrons. The van der Waals surface area contributed by atoms with Gasteiger partial charge in [0.1, 0.15) is 0 Å². The van der Waals surface area contributed by atoms with Crippen molar-refractivity contribution in [3.63, 3.8) is 0 Å². The highest BCUT2D eigenvalue weighted by Crippen LogP contribution is 2.26. The summed E-state index contributed by atoms with van der Waals surface area (Å²) >= 11 is 0. The summed E-state index contributed by atoms with van der Waals surface area (Å²) in [5.74, 6) is 0. The normalized spacial score (nSPS) is 10.9. The van der Waals surface area contributed by atoms with Crippen molar-refractivity contribution in [3.8, 4) is 11.3 Å². The molecule has 3 rings (SSSR count). The Hall–Kier alpha value is -2.06. The fourth-order valence-corrected chi connectivity index (χ4v) is 2.17. The molecule has 0 fully saturated rings. The molecule has 0 atom stereocenters. The zero-order chi connectivity index (χ0) is 11.7. The number of H-pyrrole nitrogens is 1. The van der Waals surface area contributed by atoms with Gasteiger partial charge in [0.25, 0.3) is 0 Å². The number of hydrogen-bond acceptors (Lipinski definition) is 1. The Morgan fingerprint density at radius 2 is 1.76 bits per heavy atom. The SMILES string of the molecule is NCc1cccc2[nH]c(-c3ccccc3)cc12. The van der Waals surface area contributed by atoms with Gasteiger partial charge in [-0.1, -0.05) is 42.5 Å². The Kier molecular flexibility index (Phi) is 2.42. The lowest BCUT2D eigenvalue weighted by molar-refractivity contribution is 1.09. The molecule has 2 heteroatoms. The number of fused-ring (bicyclic) bond motifs is 1. The zero-order valence-corrected chi connectivity index (χ0v) is 9.48. The molecule has 0 radical (unpaired) electrons. The van der Waals surface area contributed by atoms with Crippen molar-refractivity contribution in [2.24, 2.45) is 5.73 Å². The molecule has 2 aromatic carbocycles. The zero-order valence-electron chi connectivity index (χ0n) is 9.48. The number of rotatable bonds is 2. The van der Waals surface area contributed by atoms with Crippen molar-refractivity contribution >= 4 is 10.9 Å². The van der Waals surface area contributed by atoms with Gasteiger partial charge in [-0.05, 0) is 23.3 Å². The van der Waals surface area contributed by atoms with Crippen molar-refractivity contribution in [2.45, 2.75) is 6.54 Å². The van der Waals surface area contributed by atoms with Crippen molar-refractivity contribution in [2.75, 3.05) is 0 Å². The number of nitrogens with two attached hydrogens (primary N) is 1. The van der Waals surface area contributed by atoms with Gasteiger partial charge in [0.15, 0.2) is 0 Å². The van der Waals surface area contributed by atoms with Crippen LogP contribution < -0.4 is 5.73 Å². The molecule has 1 aromatic heterocycles.